The number of fused-ring (bicyclic) bond motifs is 1. The van der Waals surface area contributed by atoms with Crippen LogP contribution in [0.5, 0.6) is 0 Å². The molecule has 0 aliphatic carbocycles. The molecule has 0 unspecified atom stereocenters. The lowest BCUT2D eigenvalue weighted by atomic mass is 10.0. The Kier molecular flexibility index (Phi) is 3.14. The number of para-hydroxylation sites is 2. The Bertz CT molecular complexity index is 581. The van der Waals surface area contributed by atoms with E-state index in [0.29, 0.717) is 5.82 Å². The Morgan fingerprint density at radius 3 is 2.67 bits per heavy atom. The molecule has 2 aromatic rings. The van der Waals surface area contributed by atoms with Crippen molar-refractivity contribution in [3.05, 3.63) is 30.5 Å². The second-order valence-electron chi connectivity index (χ2n) is 4.82. The van der Waals surface area contributed by atoms with Crippen LogP contribution in [0.15, 0.2) is 30.5 Å². The molecule has 0 aliphatic rings. The number of rotatable bonds is 4. The summed E-state index contributed by atoms with van der Waals surface area (Å²) in [6.07, 6.45) is 1.63. The van der Waals surface area contributed by atoms with Crippen LogP contribution >= 0.6 is 0 Å². The molecule has 0 amide bonds. The molecule has 0 bridgehead atoms. The van der Waals surface area contributed by atoms with Gasteiger partial charge < -0.3 is 10.4 Å². The first-order valence-corrected chi connectivity index (χ1v) is 5.68. The summed E-state index contributed by atoms with van der Waals surface area (Å²) in [5.74, 6) is -0.263. The summed E-state index contributed by atoms with van der Waals surface area (Å²) in [7, 11) is 0. The van der Waals surface area contributed by atoms with Crippen molar-refractivity contribution in [2.75, 3.05) is 5.32 Å². The van der Waals surface area contributed by atoms with E-state index in [4.69, 9.17) is 5.11 Å². The van der Waals surface area contributed by atoms with Gasteiger partial charge in [-0.05, 0) is 26.0 Å². The molecular weight excluding hydrogens is 230 g/mol. The van der Waals surface area contributed by atoms with Gasteiger partial charge in [-0.1, -0.05) is 12.1 Å². The normalized spacial score (nSPS) is 11.4. The number of aliphatic carboxylic acids is 1. The van der Waals surface area contributed by atoms with Crippen LogP contribution in [-0.4, -0.2) is 26.6 Å². The molecule has 0 spiro atoms. The zero-order valence-corrected chi connectivity index (χ0v) is 10.3. The van der Waals surface area contributed by atoms with Crippen molar-refractivity contribution in [1.82, 2.24) is 9.97 Å². The van der Waals surface area contributed by atoms with Gasteiger partial charge in [-0.15, -0.1) is 0 Å². The van der Waals surface area contributed by atoms with Crippen molar-refractivity contribution < 1.29 is 9.90 Å². The first-order valence-electron chi connectivity index (χ1n) is 5.68. The Morgan fingerprint density at radius 2 is 2.00 bits per heavy atom. The summed E-state index contributed by atoms with van der Waals surface area (Å²) in [6.45, 7) is 3.63. The smallest absolute Gasteiger partial charge is 0.305 e. The third-order valence-corrected chi connectivity index (χ3v) is 2.51. The molecule has 94 valence electrons. The fourth-order valence-electron chi connectivity index (χ4n) is 1.79. The van der Waals surface area contributed by atoms with E-state index in [2.05, 4.69) is 15.3 Å². The van der Waals surface area contributed by atoms with Gasteiger partial charge in [0.25, 0.3) is 0 Å². The molecular formula is C13H15N3O2. The lowest BCUT2D eigenvalue weighted by Crippen LogP contribution is -2.34. The highest BCUT2D eigenvalue weighted by atomic mass is 16.4. The van der Waals surface area contributed by atoms with Gasteiger partial charge in [-0.2, -0.15) is 0 Å². The molecule has 5 nitrogen and oxygen atoms in total. The number of benzene rings is 1. The van der Waals surface area contributed by atoms with E-state index < -0.39 is 11.5 Å². The summed E-state index contributed by atoms with van der Waals surface area (Å²) in [4.78, 5) is 19.4. The van der Waals surface area contributed by atoms with Gasteiger partial charge in [-0.25, -0.2) is 4.98 Å². The average molecular weight is 245 g/mol. The van der Waals surface area contributed by atoms with Gasteiger partial charge >= 0.3 is 5.97 Å². The van der Waals surface area contributed by atoms with E-state index in [1.165, 1.54) is 0 Å². The van der Waals surface area contributed by atoms with Gasteiger partial charge in [-0.3, -0.25) is 9.78 Å². The molecule has 1 heterocycles. The number of carbonyl (C=O) groups is 1. The zero-order chi connectivity index (χ0) is 13.2. The number of carboxylic acids is 1. The highest BCUT2D eigenvalue weighted by Crippen LogP contribution is 2.18. The maximum atomic E-state index is 10.7. The molecule has 1 aromatic heterocycles. The summed E-state index contributed by atoms with van der Waals surface area (Å²) in [5, 5.41) is 11.9. The third kappa shape index (κ3) is 2.94. The number of nitrogens with one attached hydrogen (secondary N) is 1. The summed E-state index contributed by atoms with van der Waals surface area (Å²) < 4.78 is 0. The van der Waals surface area contributed by atoms with Crippen LogP contribution in [0.2, 0.25) is 0 Å². The van der Waals surface area contributed by atoms with Gasteiger partial charge in [0.05, 0.1) is 23.7 Å². The third-order valence-electron chi connectivity index (χ3n) is 2.51. The van der Waals surface area contributed by atoms with Crippen LogP contribution in [0.25, 0.3) is 11.0 Å². The van der Waals surface area contributed by atoms with Crippen molar-refractivity contribution in [2.24, 2.45) is 0 Å². The van der Waals surface area contributed by atoms with E-state index in [1.807, 2.05) is 38.1 Å². The Balaban J connectivity index is 2.24. The average Bonchev–Trinajstić information content (AvgIpc) is 2.26. The van der Waals surface area contributed by atoms with E-state index in [0.717, 1.165) is 11.0 Å². The molecule has 5 heteroatoms. The van der Waals surface area contributed by atoms with Crippen molar-refractivity contribution in [3.63, 3.8) is 0 Å². The highest BCUT2D eigenvalue weighted by Gasteiger charge is 2.21. The fraction of sp³-hybridized carbons (Fsp3) is 0.308. The van der Waals surface area contributed by atoms with Crippen molar-refractivity contribution >= 4 is 22.8 Å². The zero-order valence-electron chi connectivity index (χ0n) is 10.3. The second kappa shape index (κ2) is 4.60. The predicted octanol–water partition coefficient (Wildman–Crippen LogP) is 2.29. The van der Waals surface area contributed by atoms with Crippen LogP contribution in [0.1, 0.15) is 20.3 Å². The van der Waals surface area contributed by atoms with Crippen LogP contribution in [0, 0.1) is 0 Å². The monoisotopic (exact) mass is 245 g/mol. The van der Waals surface area contributed by atoms with Crippen LogP contribution in [0.3, 0.4) is 0 Å². The van der Waals surface area contributed by atoms with E-state index >= 15 is 0 Å². The molecule has 2 N–H and O–H groups in total. The number of hydrogen-bond acceptors (Lipinski definition) is 4. The maximum absolute atomic E-state index is 10.7. The topological polar surface area (TPSA) is 75.1 Å². The van der Waals surface area contributed by atoms with Crippen LogP contribution in [0.4, 0.5) is 5.82 Å². The Morgan fingerprint density at radius 1 is 1.33 bits per heavy atom. The number of carboxylic acid groups (broad SMARTS) is 1. The predicted molar refractivity (Wildman–Crippen MR) is 69.5 cm³/mol. The van der Waals surface area contributed by atoms with Gasteiger partial charge in [0.15, 0.2) is 0 Å². The fourth-order valence-corrected chi connectivity index (χ4v) is 1.79. The molecule has 0 aliphatic heterocycles. The standard InChI is InChI=1S/C13H15N3O2/c1-13(2,7-12(17)18)16-11-8-14-9-5-3-4-6-10(9)15-11/h3-6,8H,7H2,1-2H3,(H,15,16)(H,17,18). The van der Waals surface area contributed by atoms with Crippen molar-refractivity contribution in [3.8, 4) is 0 Å². The van der Waals surface area contributed by atoms with E-state index in [9.17, 15) is 4.79 Å². The van der Waals surface area contributed by atoms with Gasteiger partial charge in [0, 0.05) is 5.54 Å². The number of nitrogens with zero attached hydrogens (tertiary/aromatic N) is 2. The number of hydrogen-bond donors (Lipinski definition) is 2. The lowest BCUT2D eigenvalue weighted by molar-refractivity contribution is -0.137. The molecule has 0 saturated heterocycles. The van der Waals surface area contributed by atoms with Gasteiger partial charge in [0.1, 0.15) is 5.82 Å². The quantitative estimate of drug-likeness (QED) is 0.864. The van der Waals surface area contributed by atoms with Crippen molar-refractivity contribution in [2.45, 2.75) is 25.8 Å². The molecule has 0 saturated carbocycles. The first kappa shape index (κ1) is 12.3. The largest absolute Gasteiger partial charge is 0.481 e. The summed E-state index contributed by atoms with van der Waals surface area (Å²) in [5.41, 5.74) is 1.04. The molecule has 1 aromatic carbocycles. The maximum Gasteiger partial charge on any atom is 0.305 e. The summed E-state index contributed by atoms with van der Waals surface area (Å²) in [6, 6.07) is 7.55. The lowest BCUT2D eigenvalue weighted by Gasteiger charge is -2.24. The Hall–Kier alpha value is -2.17. The molecule has 0 fully saturated rings. The summed E-state index contributed by atoms with van der Waals surface area (Å²) >= 11 is 0. The van der Waals surface area contributed by atoms with Gasteiger partial charge in [0.2, 0.25) is 0 Å². The van der Waals surface area contributed by atoms with E-state index in [-0.39, 0.29) is 6.42 Å². The SMILES string of the molecule is CC(C)(CC(=O)O)Nc1cnc2ccccc2n1. The van der Waals surface area contributed by atoms with Crippen LogP contribution < -0.4 is 5.32 Å². The second-order valence-corrected chi connectivity index (χ2v) is 4.82. The van der Waals surface area contributed by atoms with E-state index in [1.54, 1.807) is 6.20 Å². The first-order chi connectivity index (χ1) is 8.46. The molecule has 18 heavy (non-hydrogen) atoms. The minimum atomic E-state index is -0.846. The highest BCUT2D eigenvalue weighted by molar-refractivity contribution is 5.75. The van der Waals surface area contributed by atoms with Crippen molar-refractivity contribution in [1.29, 1.82) is 0 Å². The van der Waals surface area contributed by atoms with Crippen LogP contribution in [-0.2, 0) is 4.79 Å². The number of aromatic nitrogens is 2. The molecule has 2 rings (SSSR count). The minimum Gasteiger partial charge on any atom is -0.481 e. The Labute approximate surface area is 105 Å². The molecule has 0 radical (unpaired) electrons. The molecule has 0 atom stereocenters. The number of anilines is 1. The minimum absolute atomic E-state index is 0.0154.